The molecule has 1 saturated heterocycles. The monoisotopic (exact) mass is 301 g/mol. The third kappa shape index (κ3) is 2.22. The summed E-state index contributed by atoms with van der Waals surface area (Å²) in [5.74, 6) is -1.31. The lowest BCUT2D eigenvalue weighted by atomic mass is 9.87. The Morgan fingerprint density at radius 1 is 1.59 bits per heavy atom. The number of carbonyl (C=O) groups is 2. The molecule has 2 heterocycles. The second-order valence-electron chi connectivity index (χ2n) is 4.21. The molecule has 5 nitrogen and oxygen atoms in total. The molecule has 0 aromatic carbocycles. The molecular weight excluding hydrogens is 290 g/mol. The first-order chi connectivity index (χ1) is 8.00. The van der Waals surface area contributed by atoms with Gasteiger partial charge in [-0.05, 0) is 22.0 Å². The van der Waals surface area contributed by atoms with Crippen molar-refractivity contribution in [2.24, 2.45) is 11.8 Å². The van der Waals surface area contributed by atoms with E-state index in [1.165, 1.54) is 6.26 Å². The maximum absolute atomic E-state index is 11.9. The van der Waals surface area contributed by atoms with Gasteiger partial charge in [0.15, 0.2) is 4.67 Å². The highest BCUT2D eigenvalue weighted by Crippen LogP contribution is 2.28. The predicted molar refractivity (Wildman–Crippen MR) is 62.6 cm³/mol. The van der Waals surface area contributed by atoms with Gasteiger partial charge in [0, 0.05) is 19.0 Å². The first kappa shape index (κ1) is 12.2. The molecule has 1 N–H and O–H groups in total. The average Bonchev–Trinajstić information content (AvgIpc) is 2.61. The molecule has 0 saturated carbocycles. The standard InChI is InChI=1S/C11H12BrNO4/c1-6(11(15)16)7-4-13(5-7)10(14)8-2-3-17-9(8)12/h2-3,6-7H,4-5H2,1H3,(H,15,16). The number of rotatable bonds is 3. The molecule has 0 bridgehead atoms. The fourth-order valence-corrected chi connectivity index (χ4v) is 2.22. The van der Waals surface area contributed by atoms with Crippen LogP contribution in [0.2, 0.25) is 0 Å². The molecule has 6 heteroatoms. The smallest absolute Gasteiger partial charge is 0.306 e. The summed E-state index contributed by atoms with van der Waals surface area (Å²) in [7, 11) is 0. The summed E-state index contributed by atoms with van der Waals surface area (Å²) in [6, 6.07) is 1.60. The summed E-state index contributed by atoms with van der Waals surface area (Å²) in [5.41, 5.74) is 0.478. The molecule has 2 rings (SSSR count). The fourth-order valence-electron chi connectivity index (χ4n) is 1.81. The zero-order valence-corrected chi connectivity index (χ0v) is 10.8. The Morgan fingerprint density at radius 3 is 2.71 bits per heavy atom. The van der Waals surface area contributed by atoms with Crippen LogP contribution < -0.4 is 0 Å². The number of amides is 1. The number of carbonyl (C=O) groups excluding carboxylic acids is 1. The van der Waals surface area contributed by atoms with Gasteiger partial charge in [-0.25, -0.2) is 0 Å². The van der Waals surface area contributed by atoms with Crippen LogP contribution in [0.15, 0.2) is 21.4 Å². The van der Waals surface area contributed by atoms with Crippen LogP contribution in [-0.4, -0.2) is 35.0 Å². The lowest BCUT2D eigenvalue weighted by molar-refractivity contribution is -0.144. The fraction of sp³-hybridized carbons (Fsp3) is 0.455. The van der Waals surface area contributed by atoms with E-state index >= 15 is 0 Å². The topological polar surface area (TPSA) is 70.8 Å². The minimum atomic E-state index is -0.813. The molecular formula is C11H12BrNO4. The largest absolute Gasteiger partial charge is 0.481 e. The van der Waals surface area contributed by atoms with Crippen LogP contribution in [0, 0.1) is 11.8 Å². The van der Waals surface area contributed by atoms with Gasteiger partial charge in [-0.15, -0.1) is 0 Å². The average molecular weight is 302 g/mol. The molecule has 1 aromatic rings. The van der Waals surface area contributed by atoms with Gasteiger partial charge in [0.05, 0.1) is 17.7 Å². The van der Waals surface area contributed by atoms with Crippen LogP contribution in [0.3, 0.4) is 0 Å². The summed E-state index contributed by atoms with van der Waals surface area (Å²) < 4.78 is 5.41. The molecule has 0 radical (unpaired) electrons. The SMILES string of the molecule is CC(C(=O)O)C1CN(C(=O)c2ccoc2Br)C1. The minimum Gasteiger partial charge on any atom is -0.481 e. The van der Waals surface area contributed by atoms with Gasteiger partial charge >= 0.3 is 5.97 Å². The number of hydrogen-bond donors (Lipinski definition) is 1. The van der Waals surface area contributed by atoms with E-state index in [1.54, 1.807) is 17.9 Å². The maximum atomic E-state index is 11.9. The van der Waals surface area contributed by atoms with Crippen molar-refractivity contribution >= 4 is 27.8 Å². The number of likely N-dealkylation sites (tertiary alicyclic amines) is 1. The molecule has 92 valence electrons. The van der Waals surface area contributed by atoms with E-state index in [2.05, 4.69) is 15.9 Å². The minimum absolute atomic E-state index is 0.0436. The van der Waals surface area contributed by atoms with Gasteiger partial charge in [-0.2, -0.15) is 0 Å². The van der Waals surface area contributed by atoms with E-state index in [0.717, 1.165) is 0 Å². The summed E-state index contributed by atoms with van der Waals surface area (Å²) in [6.07, 6.45) is 1.44. The van der Waals surface area contributed by atoms with Gasteiger partial charge in [-0.3, -0.25) is 9.59 Å². The summed E-state index contributed by atoms with van der Waals surface area (Å²) in [5, 5.41) is 8.84. The van der Waals surface area contributed by atoms with E-state index in [1.807, 2.05) is 0 Å². The number of nitrogens with zero attached hydrogens (tertiary/aromatic N) is 1. The Balaban J connectivity index is 1.95. The predicted octanol–water partition coefficient (Wildman–Crippen LogP) is 1.83. The van der Waals surface area contributed by atoms with E-state index in [4.69, 9.17) is 9.52 Å². The Morgan fingerprint density at radius 2 is 2.24 bits per heavy atom. The van der Waals surface area contributed by atoms with E-state index in [-0.39, 0.29) is 11.8 Å². The lowest BCUT2D eigenvalue weighted by Crippen LogP contribution is -2.53. The molecule has 1 aliphatic heterocycles. The van der Waals surface area contributed by atoms with Crippen molar-refractivity contribution < 1.29 is 19.1 Å². The van der Waals surface area contributed by atoms with Gasteiger partial charge in [-0.1, -0.05) is 6.92 Å². The van der Waals surface area contributed by atoms with Crippen LogP contribution in [-0.2, 0) is 4.79 Å². The van der Waals surface area contributed by atoms with Crippen LogP contribution in [0.25, 0.3) is 0 Å². The quantitative estimate of drug-likeness (QED) is 0.925. The highest BCUT2D eigenvalue weighted by Gasteiger charge is 2.38. The maximum Gasteiger partial charge on any atom is 0.306 e. The van der Waals surface area contributed by atoms with Crippen molar-refractivity contribution in [1.82, 2.24) is 4.90 Å². The zero-order valence-electron chi connectivity index (χ0n) is 9.22. The summed E-state index contributed by atoms with van der Waals surface area (Å²) in [4.78, 5) is 24.3. The molecule has 17 heavy (non-hydrogen) atoms. The third-order valence-corrected chi connectivity index (χ3v) is 3.76. The number of carboxylic acid groups (broad SMARTS) is 1. The highest BCUT2D eigenvalue weighted by molar-refractivity contribution is 9.10. The van der Waals surface area contributed by atoms with Crippen LogP contribution >= 0.6 is 15.9 Å². The van der Waals surface area contributed by atoms with Crippen molar-refractivity contribution in [2.45, 2.75) is 6.92 Å². The van der Waals surface area contributed by atoms with Crippen molar-refractivity contribution in [3.8, 4) is 0 Å². The number of halogens is 1. The van der Waals surface area contributed by atoms with Crippen molar-refractivity contribution in [1.29, 1.82) is 0 Å². The van der Waals surface area contributed by atoms with Crippen molar-refractivity contribution in [3.05, 3.63) is 22.6 Å². The molecule has 1 unspecified atom stereocenters. The first-order valence-electron chi connectivity index (χ1n) is 5.25. The molecule has 1 atom stereocenters. The number of aliphatic carboxylic acids is 1. The highest BCUT2D eigenvalue weighted by atomic mass is 79.9. The second-order valence-corrected chi connectivity index (χ2v) is 4.93. The van der Waals surface area contributed by atoms with Crippen LogP contribution in [0.1, 0.15) is 17.3 Å². The molecule has 0 aliphatic carbocycles. The Labute approximate surface area is 107 Å². The number of furan rings is 1. The Bertz CT molecular complexity index is 450. The second kappa shape index (κ2) is 4.52. The van der Waals surface area contributed by atoms with E-state index in [9.17, 15) is 9.59 Å². The lowest BCUT2D eigenvalue weighted by Gasteiger charge is -2.41. The normalized spacial score (nSPS) is 17.6. The molecule has 1 aromatic heterocycles. The van der Waals surface area contributed by atoms with Gasteiger partial charge in [0.2, 0.25) is 0 Å². The Kier molecular flexibility index (Phi) is 3.24. The molecule has 1 aliphatic rings. The van der Waals surface area contributed by atoms with Crippen molar-refractivity contribution in [3.63, 3.8) is 0 Å². The number of hydrogen-bond acceptors (Lipinski definition) is 3. The molecule has 1 amide bonds. The zero-order chi connectivity index (χ0) is 12.6. The number of carboxylic acids is 1. The molecule has 1 fully saturated rings. The Hall–Kier alpha value is -1.30. The first-order valence-corrected chi connectivity index (χ1v) is 6.05. The summed E-state index contributed by atoms with van der Waals surface area (Å²) >= 11 is 3.15. The van der Waals surface area contributed by atoms with Crippen molar-refractivity contribution in [2.75, 3.05) is 13.1 Å². The van der Waals surface area contributed by atoms with E-state index in [0.29, 0.717) is 23.3 Å². The van der Waals surface area contributed by atoms with E-state index < -0.39 is 11.9 Å². The third-order valence-electron chi connectivity index (χ3n) is 3.14. The van der Waals surface area contributed by atoms with Gasteiger partial charge in [0.1, 0.15) is 0 Å². The van der Waals surface area contributed by atoms with Crippen LogP contribution in [0.5, 0.6) is 0 Å². The molecule has 0 spiro atoms. The summed E-state index contributed by atoms with van der Waals surface area (Å²) in [6.45, 7) is 2.65. The van der Waals surface area contributed by atoms with Crippen LogP contribution in [0.4, 0.5) is 0 Å². The van der Waals surface area contributed by atoms with Gasteiger partial charge in [0.25, 0.3) is 5.91 Å². The van der Waals surface area contributed by atoms with Gasteiger partial charge < -0.3 is 14.4 Å².